The summed E-state index contributed by atoms with van der Waals surface area (Å²) in [7, 11) is -1.59. The minimum Gasteiger partial charge on any atom is -0.351 e. The summed E-state index contributed by atoms with van der Waals surface area (Å²) in [6, 6.07) is 5.64. The molecule has 5 heteroatoms. The largest absolute Gasteiger partial charge is 0.351 e. The van der Waals surface area contributed by atoms with Crippen molar-refractivity contribution in [3.63, 3.8) is 0 Å². The van der Waals surface area contributed by atoms with Crippen LogP contribution >= 0.6 is 23.2 Å². The molecule has 0 aromatic heterocycles. The normalized spacial score (nSPS) is 11.4. The number of halogens is 2. The van der Waals surface area contributed by atoms with Crippen LogP contribution in [0.1, 0.15) is 10.4 Å². The Morgan fingerprint density at radius 3 is 2.53 bits per heavy atom. The first-order valence-corrected chi connectivity index (χ1v) is 9.92. The zero-order valence-electron chi connectivity index (χ0n) is 10.3. The molecular formula is C12H17Cl2NOSi. The van der Waals surface area contributed by atoms with Crippen molar-refractivity contribution in [2.45, 2.75) is 19.6 Å². The number of carbonyl (C=O) groups is 1. The minimum atomic E-state index is -1.59. The Morgan fingerprint density at radius 1 is 1.35 bits per heavy atom. The van der Waals surface area contributed by atoms with Crippen LogP contribution in [0.15, 0.2) is 18.2 Å². The van der Waals surface area contributed by atoms with Gasteiger partial charge in [0.15, 0.2) is 0 Å². The number of amides is 1. The van der Waals surface area contributed by atoms with Crippen molar-refractivity contribution in [1.29, 1.82) is 0 Å². The molecule has 0 bridgehead atoms. The zero-order valence-corrected chi connectivity index (χ0v) is 12.8. The molecule has 0 saturated carbocycles. The van der Waals surface area contributed by atoms with Crippen LogP contribution in [0, 0.1) is 0 Å². The smallest absolute Gasteiger partial charge is 0.252 e. The van der Waals surface area contributed by atoms with Gasteiger partial charge in [-0.05, 0) is 11.3 Å². The SMILES string of the molecule is C[Si](C)(C)c1cccc(Cl)c1C(=O)NCCCl. The Kier molecular flexibility index (Phi) is 5.04. The maximum atomic E-state index is 12.1. The molecule has 0 unspecified atom stereocenters. The van der Waals surface area contributed by atoms with Gasteiger partial charge in [-0.15, -0.1) is 11.6 Å². The van der Waals surface area contributed by atoms with Gasteiger partial charge in [0.2, 0.25) is 0 Å². The molecule has 0 aliphatic heterocycles. The van der Waals surface area contributed by atoms with Crippen molar-refractivity contribution < 1.29 is 4.79 Å². The predicted molar refractivity (Wildman–Crippen MR) is 77.5 cm³/mol. The van der Waals surface area contributed by atoms with E-state index in [1.54, 1.807) is 6.07 Å². The van der Waals surface area contributed by atoms with Gasteiger partial charge in [-0.25, -0.2) is 0 Å². The van der Waals surface area contributed by atoms with Crippen LogP contribution in [0.5, 0.6) is 0 Å². The summed E-state index contributed by atoms with van der Waals surface area (Å²) in [6.07, 6.45) is 0. The van der Waals surface area contributed by atoms with Crippen LogP contribution in [-0.2, 0) is 0 Å². The summed E-state index contributed by atoms with van der Waals surface area (Å²) < 4.78 is 0. The fraction of sp³-hybridized carbons (Fsp3) is 0.417. The lowest BCUT2D eigenvalue weighted by atomic mass is 10.2. The minimum absolute atomic E-state index is 0.131. The van der Waals surface area contributed by atoms with Crippen molar-refractivity contribution >= 4 is 42.4 Å². The molecule has 1 aromatic rings. The Balaban J connectivity index is 3.17. The van der Waals surface area contributed by atoms with E-state index in [1.807, 2.05) is 12.1 Å². The maximum Gasteiger partial charge on any atom is 0.252 e. The van der Waals surface area contributed by atoms with Crippen molar-refractivity contribution in [3.05, 3.63) is 28.8 Å². The van der Waals surface area contributed by atoms with E-state index >= 15 is 0 Å². The van der Waals surface area contributed by atoms with E-state index in [9.17, 15) is 4.79 Å². The summed E-state index contributed by atoms with van der Waals surface area (Å²) >= 11 is 11.7. The van der Waals surface area contributed by atoms with Crippen molar-refractivity contribution in [3.8, 4) is 0 Å². The first-order chi connectivity index (χ1) is 7.88. The van der Waals surface area contributed by atoms with Crippen molar-refractivity contribution in [2.24, 2.45) is 0 Å². The number of carbonyl (C=O) groups excluding carboxylic acids is 1. The molecule has 1 rings (SSSR count). The summed E-state index contributed by atoms with van der Waals surface area (Å²) in [4.78, 5) is 12.1. The van der Waals surface area contributed by atoms with E-state index < -0.39 is 8.07 Å². The summed E-state index contributed by atoms with van der Waals surface area (Å²) in [5, 5.41) is 4.36. The molecule has 1 aromatic carbocycles. The van der Waals surface area contributed by atoms with Gasteiger partial charge in [0.25, 0.3) is 5.91 Å². The third-order valence-corrected chi connectivity index (χ3v) is 4.97. The van der Waals surface area contributed by atoms with Crippen LogP contribution < -0.4 is 10.5 Å². The van der Waals surface area contributed by atoms with Gasteiger partial charge in [0, 0.05) is 12.4 Å². The lowest BCUT2D eigenvalue weighted by Crippen LogP contribution is -2.43. The second-order valence-corrected chi connectivity index (χ2v) is 10.7. The van der Waals surface area contributed by atoms with Gasteiger partial charge in [-0.3, -0.25) is 4.79 Å². The number of alkyl halides is 1. The topological polar surface area (TPSA) is 29.1 Å². The number of hydrogen-bond donors (Lipinski definition) is 1. The van der Waals surface area contributed by atoms with Crippen LogP contribution in [0.2, 0.25) is 24.7 Å². The summed E-state index contributed by atoms with van der Waals surface area (Å²) in [6.45, 7) is 7.03. The molecule has 17 heavy (non-hydrogen) atoms. The van der Waals surface area contributed by atoms with Crippen LogP contribution in [0.3, 0.4) is 0 Å². The second kappa shape index (κ2) is 5.89. The molecule has 1 amide bonds. The number of benzene rings is 1. The molecule has 1 N–H and O–H groups in total. The highest BCUT2D eigenvalue weighted by atomic mass is 35.5. The molecule has 2 nitrogen and oxygen atoms in total. The zero-order chi connectivity index (χ0) is 13.1. The molecule has 0 aliphatic rings. The average Bonchev–Trinajstić information content (AvgIpc) is 2.24. The maximum absolute atomic E-state index is 12.1. The fourth-order valence-corrected chi connectivity index (χ4v) is 3.66. The van der Waals surface area contributed by atoms with Gasteiger partial charge >= 0.3 is 0 Å². The van der Waals surface area contributed by atoms with Gasteiger partial charge in [0.05, 0.1) is 18.7 Å². The van der Waals surface area contributed by atoms with E-state index in [2.05, 4.69) is 25.0 Å². The van der Waals surface area contributed by atoms with Crippen molar-refractivity contribution in [1.82, 2.24) is 5.32 Å². The first kappa shape index (κ1) is 14.5. The first-order valence-electron chi connectivity index (χ1n) is 5.51. The Bertz CT molecular complexity index is 415. The van der Waals surface area contributed by atoms with E-state index in [-0.39, 0.29) is 5.91 Å². The third-order valence-electron chi connectivity index (χ3n) is 2.43. The van der Waals surface area contributed by atoms with E-state index in [0.29, 0.717) is 23.0 Å². The lowest BCUT2D eigenvalue weighted by Gasteiger charge is -2.21. The Morgan fingerprint density at radius 2 is 2.00 bits per heavy atom. The average molecular weight is 290 g/mol. The molecule has 0 saturated heterocycles. The van der Waals surface area contributed by atoms with Gasteiger partial charge in [-0.1, -0.05) is 43.4 Å². The second-order valence-electron chi connectivity index (χ2n) is 4.86. The van der Waals surface area contributed by atoms with E-state index in [4.69, 9.17) is 23.2 Å². The quantitative estimate of drug-likeness (QED) is 0.670. The predicted octanol–water partition coefficient (Wildman–Crippen LogP) is 2.85. The molecule has 0 spiro atoms. The highest BCUT2D eigenvalue weighted by Gasteiger charge is 2.25. The molecule has 94 valence electrons. The Hall–Kier alpha value is -0.513. The van der Waals surface area contributed by atoms with Crippen LogP contribution in [0.4, 0.5) is 0 Å². The number of nitrogens with one attached hydrogen (secondary N) is 1. The summed E-state index contributed by atoms with van der Waals surface area (Å²) in [5.74, 6) is 0.270. The summed E-state index contributed by atoms with van der Waals surface area (Å²) in [5.41, 5.74) is 0.610. The molecule has 0 atom stereocenters. The number of hydrogen-bond acceptors (Lipinski definition) is 1. The molecular weight excluding hydrogens is 273 g/mol. The Labute approximate surface area is 113 Å². The fourth-order valence-electron chi connectivity index (χ4n) is 1.63. The molecule has 0 aliphatic carbocycles. The highest BCUT2D eigenvalue weighted by Crippen LogP contribution is 2.17. The lowest BCUT2D eigenvalue weighted by molar-refractivity contribution is 0.0957. The third kappa shape index (κ3) is 3.73. The highest BCUT2D eigenvalue weighted by molar-refractivity contribution is 6.89. The standard InChI is InChI=1S/C12H17Cl2NOSi/c1-17(2,3)10-6-4-5-9(14)11(10)12(16)15-8-7-13/h4-6H,7-8H2,1-3H3,(H,15,16). The van der Waals surface area contributed by atoms with Gasteiger partial charge in [0.1, 0.15) is 0 Å². The van der Waals surface area contributed by atoms with Gasteiger partial charge in [-0.2, -0.15) is 0 Å². The number of rotatable bonds is 4. The monoisotopic (exact) mass is 289 g/mol. The van der Waals surface area contributed by atoms with Crippen molar-refractivity contribution in [2.75, 3.05) is 12.4 Å². The molecule has 0 radical (unpaired) electrons. The molecule has 0 fully saturated rings. The van der Waals surface area contributed by atoms with Crippen LogP contribution in [0.25, 0.3) is 0 Å². The van der Waals surface area contributed by atoms with E-state index in [1.165, 1.54) is 0 Å². The van der Waals surface area contributed by atoms with Crippen LogP contribution in [-0.4, -0.2) is 26.4 Å². The van der Waals surface area contributed by atoms with E-state index in [0.717, 1.165) is 5.19 Å². The van der Waals surface area contributed by atoms with Gasteiger partial charge < -0.3 is 5.32 Å². The molecule has 0 heterocycles.